The van der Waals surface area contributed by atoms with E-state index in [0.29, 0.717) is 6.61 Å². The average Bonchev–Trinajstić information content (AvgIpc) is 2.31. The van der Waals surface area contributed by atoms with Crippen LogP contribution in [0.4, 0.5) is 0 Å². The fourth-order valence-electron chi connectivity index (χ4n) is 0.717. The summed E-state index contributed by atoms with van der Waals surface area (Å²) >= 11 is 1.88. The van der Waals surface area contributed by atoms with Crippen LogP contribution in [0.2, 0.25) is 0 Å². The average molecular weight is 252 g/mol. The van der Waals surface area contributed by atoms with Crippen molar-refractivity contribution < 1.29 is 3.07 Å². The van der Waals surface area contributed by atoms with Crippen LogP contribution in [-0.4, -0.2) is 16.4 Å². The molecule has 56 valence electrons. The fourth-order valence-corrected chi connectivity index (χ4v) is 0.914. The summed E-state index contributed by atoms with van der Waals surface area (Å²) in [6.07, 6.45) is 3.84. The van der Waals surface area contributed by atoms with Crippen molar-refractivity contribution in [2.24, 2.45) is 0 Å². The van der Waals surface area contributed by atoms with Crippen LogP contribution >= 0.6 is 23.0 Å². The summed E-state index contributed by atoms with van der Waals surface area (Å²) in [7, 11) is 0. The number of aromatic nitrogens is 2. The number of hydrogen-bond donors (Lipinski definition) is 0. The Morgan fingerprint density at radius 1 is 1.80 bits per heavy atom. The zero-order chi connectivity index (χ0) is 7.40. The Balaban J connectivity index is 2.42. The van der Waals surface area contributed by atoms with Crippen LogP contribution in [0.25, 0.3) is 0 Å². The van der Waals surface area contributed by atoms with E-state index in [2.05, 4.69) is 5.10 Å². The quantitative estimate of drug-likeness (QED) is 0.763. The number of halogens is 1. The molecule has 10 heavy (non-hydrogen) atoms. The standard InChI is InChI=1S/C6H9IN2O/c1-6-4-8-9(5-6)2-3-10-7/h4-5H,2-3H2,1H3. The molecule has 0 aromatic carbocycles. The molecule has 0 aliphatic heterocycles. The van der Waals surface area contributed by atoms with Crippen molar-refractivity contribution in [3.05, 3.63) is 18.0 Å². The van der Waals surface area contributed by atoms with E-state index in [9.17, 15) is 0 Å². The maximum atomic E-state index is 4.86. The van der Waals surface area contributed by atoms with Gasteiger partial charge in [-0.15, -0.1) is 0 Å². The molecule has 0 spiro atoms. The minimum atomic E-state index is 0.710. The molecule has 1 rings (SSSR count). The fraction of sp³-hybridized carbons (Fsp3) is 0.500. The zero-order valence-electron chi connectivity index (χ0n) is 5.75. The second-order valence-corrected chi connectivity index (χ2v) is 2.72. The van der Waals surface area contributed by atoms with Crippen LogP contribution in [0.3, 0.4) is 0 Å². The lowest BCUT2D eigenvalue weighted by atomic mass is 10.4. The van der Waals surface area contributed by atoms with Gasteiger partial charge in [-0.05, 0) is 12.5 Å². The Labute approximate surface area is 74.1 Å². The molecule has 1 heterocycles. The summed E-state index contributed by atoms with van der Waals surface area (Å²) in [5.74, 6) is 0. The third kappa shape index (κ3) is 2.26. The zero-order valence-corrected chi connectivity index (χ0v) is 7.91. The van der Waals surface area contributed by atoms with Crippen LogP contribution in [-0.2, 0) is 9.61 Å². The highest BCUT2D eigenvalue weighted by molar-refractivity contribution is 14.1. The van der Waals surface area contributed by atoms with Crippen molar-refractivity contribution >= 4 is 23.0 Å². The molecule has 3 nitrogen and oxygen atoms in total. The molecule has 0 unspecified atom stereocenters. The minimum absolute atomic E-state index is 0.710. The molecule has 0 aliphatic rings. The molecular weight excluding hydrogens is 243 g/mol. The van der Waals surface area contributed by atoms with Crippen LogP contribution in [0.5, 0.6) is 0 Å². The predicted molar refractivity (Wildman–Crippen MR) is 46.9 cm³/mol. The van der Waals surface area contributed by atoms with E-state index >= 15 is 0 Å². The lowest BCUT2D eigenvalue weighted by Gasteiger charge is -1.96. The van der Waals surface area contributed by atoms with E-state index in [1.165, 1.54) is 5.56 Å². The van der Waals surface area contributed by atoms with Gasteiger partial charge >= 0.3 is 0 Å². The van der Waals surface area contributed by atoms with Gasteiger partial charge < -0.3 is 3.07 Å². The van der Waals surface area contributed by atoms with Crippen LogP contribution in [0.15, 0.2) is 12.4 Å². The first-order chi connectivity index (χ1) is 4.83. The van der Waals surface area contributed by atoms with Crippen molar-refractivity contribution in [2.45, 2.75) is 13.5 Å². The first-order valence-electron chi connectivity index (χ1n) is 3.05. The van der Waals surface area contributed by atoms with Gasteiger partial charge in [0.2, 0.25) is 0 Å². The summed E-state index contributed by atoms with van der Waals surface area (Å²) in [5.41, 5.74) is 1.19. The molecule has 0 atom stereocenters. The molecule has 0 fully saturated rings. The predicted octanol–water partition coefficient (Wildman–Crippen LogP) is 1.56. The lowest BCUT2D eigenvalue weighted by Crippen LogP contribution is -2.02. The largest absolute Gasteiger partial charge is 0.314 e. The monoisotopic (exact) mass is 252 g/mol. The Kier molecular flexibility index (Phi) is 3.14. The SMILES string of the molecule is Cc1cnn(CCOI)c1. The Hall–Kier alpha value is -0.100. The maximum Gasteiger partial charge on any atom is 0.109 e. The molecule has 4 heteroatoms. The van der Waals surface area contributed by atoms with Crippen LogP contribution in [0, 0.1) is 6.92 Å². The normalized spacial score (nSPS) is 10.2. The summed E-state index contributed by atoms with van der Waals surface area (Å²) < 4.78 is 6.73. The second-order valence-electron chi connectivity index (χ2n) is 2.09. The summed E-state index contributed by atoms with van der Waals surface area (Å²) in [5, 5.41) is 4.09. The van der Waals surface area contributed by atoms with E-state index in [-0.39, 0.29) is 0 Å². The van der Waals surface area contributed by atoms with Crippen LogP contribution < -0.4 is 0 Å². The molecule has 1 aromatic rings. The first kappa shape index (κ1) is 8.00. The molecule has 0 saturated heterocycles. The Morgan fingerprint density at radius 2 is 2.60 bits per heavy atom. The van der Waals surface area contributed by atoms with Gasteiger partial charge in [0, 0.05) is 6.20 Å². The number of aryl methyl sites for hydroxylation is 1. The van der Waals surface area contributed by atoms with Gasteiger partial charge in [0.25, 0.3) is 0 Å². The molecule has 0 N–H and O–H groups in total. The molecule has 0 bridgehead atoms. The Morgan fingerprint density at radius 3 is 3.10 bits per heavy atom. The first-order valence-corrected chi connectivity index (χ1v) is 3.93. The van der Waals surface area contributed by atoms with Gasteiger partial charge in [0.1, 0.15) is 23.0 Å². The second kappa shape index (κ2) is 3.92. The van der Waals surface area contributed by atoms with E-state index in [1.807, 2.05) is 47.0 Å². The molecule has 0 aliphatic carbocycles. The third-order valence-electron chi connectivity index (χ3n) is 1.16. The van der Waals surface area contributed by atoms with E-state index < -0.39 is 0 Å². The van der Waals surface area contributed by atoms with Crippen molar-refractivity contribution in [3.8, 4) is 0 Å². The highest BCUT2D eigenvalue weighted by atomic mass is 127. The topological polar surface area (TPSA) is 27.1 Å². The molecule has 0 radical (unpaired) electrons. The van der Waals surface area contributed by atoms with Crippen molar-refractivity contribution in [1.82, 2.24) is 9.78 Å². The molecular formula is C6H9IN2O. The lowest BCUT2D eigenvalue weighted by molar-refractivity contribution is 0.379. The van der Waals surface area contributed by atoms with Crippen LogP contribution in [0.1, 0.15) is 5.56 Å². The molecule has 1 aromatic heterocycles. The third-order valence-corrected chi connectivity index (χ3v) is 1.60. The molecule has 0 saturated carbocycles. The van der Waals surface area contributed by atoms with Gasteiger partial charge in [-0.25, -0.2) is 0 Å². The van der Waals surface area contributed by atoms with Crippen molar-refractivity contribution in [2.75, 3.05) is 6.61 Å². The van der Waals surface area contributed by atoms with Crippen molar-refractivity contribution in [1.29, 1.82) is 0 Å². The molecule has 0 amide bonds. The van der Waals surface area contributed by atoms with E-state index in [0.717, 1.165) is 6.54 Å². The number of hydrogen-bond acceptors (Lipinski definition) is 2. The summed E-state index contributed by atoms with van der Waals surface area (Å²) in [6.45, 7) is 3.56. The highest BCUT2D eigenvalue weighted by Gasteiger charge is 1.91. The van der Waals surface area contributed by atoms with E-state index in [1.54, 1.807) is 0 Å². The minimum Gasteiger partial charge on any atom is -0.314 e. The number of rotatable bonds is 3. The summed E-state index contributed by atoms with van der Waals surface area (Å²) in [6, 6.07) is 0. The van der Waals surface area contributed by atoms with Gasteiger partial charge in [-0.3, -0.25) is 4.68 Å². The summed E-state index contributed by atoms with van der Waals surface area (Å²) in [4.78, 5) is 0. The number of nitrogens with zero attached hydrogens (tertiary/aromatic N) is 2. The maximum absolute atomic E-state index is 4.86. The highest BCUT2D eigenvalue weighted by Crippen LogP contribution is 1.94. The van der Waals surface area contributed by atoms with Gasteiger partial charge in [0.05, 0.1) is 19.3 Å². The van der Waals surface area contributed by atoms with Gasteiger partial charge in [-0.1, -0.05) is 0 Å². The smallest absolute Gasteiger partial charge is 0.109 e. The van der Waals surface area contributed by atoms with Gasteiger partial charge in [-0.2, -0.15) is 5.10 Å². The van der Waals surface area contributed by atoms with Crippen molar-refractivity contribution in [3.63, 3.8) is 0 Å². The van der Waals surface area contributed by atoms with Gasteiger partial charge in [0.15, 0.2) is 0 Å². The van der Waals surface area contributed by atoms with E-state index in [4.69, 9.17) is 3.07 Å². The Bertz CT molecular complexity index is 199.